The van der Waals surface area contributed by atoms with Crippen molar-refractivity contribution < 1.29 is 9.53 Å². The van der Waals surface area contributed by atoms with Crippen LogP contribution >= 0.6 is 0 Å². The number of ether oxygens (including phenoxy) is 1. The number of aromatic amines is 1. The van der Waals surface area contributed by atoms with Crippen LogP contribution in [0.2, 0.25) is 0 Å². The highest BCUT2D eigenvalue weighted by molar-refractivity contribution is 5.80. The van der Waals surface area contributed by atoms with Gasteiger partial charge in [0.25, 0.3) is 11.1 Å². The minimum absolute atomic E-state index is 0.0193. The third kappa shape index (κ3) is 3.59. The summed E-state index contributed by atoms with van der Waals surface area (Å²) < 4.78 is 6.32. The highest BCUT2D eigenvalue weighted by Gasteiger charge is 2.16. The molecule has 2 rings (SSSR count). The van der Waals surface area contributed by atoms with Crippen LogP contribution in [0.5, 0.6) is 0 Å². The van der Waals surface area contributed by atoms with Gasteiger partial charge in [0.1, 0.15) is 5.60 Å². The predicted octanol–water partition coefficient (Wildman–Crippen LogP) is 1.42. The first-order valence-corrected chi connectivity index (χ1v) is 6.71. The fourth-order valence-corrected chi connectivity index (χ4v) is 2.00. The van der Waals surface area contributed by atoms with Crippen molar-refractivity contribution in [1.29, 1.82) is 0 Å². The van der Waals surface area contributed by atoms with Gasteiger partial charge in [-0.2, -0.15) is 0 Å². The van der Waals surface area contributed by atoms with E-state index in [0.717, 1.165) is 4.68 Å². The van der Waals surface area contributed by atoms with Crippen LogP contribution in [0.3, 0.4) is 0 Å². The van der Waals surface area contributed by atoms with E-state index in [2.05, 4.69) is 5.10 Å². The zero-order chi connectivity index (χ0) is 15.6. The van der Waals surface area contributed by atoms with Crippen LogP contribution in [0.4, 0.5) is 0 Å². The molecule has 1 heterocycles. The second-order valence-electron chi connectivity index (χ2n) is 5.78. The number of nitrogens with zero attached hydrogens (tertiary/aromatic N) is 1. The van der Waals surface area contributed by atoms with Gasteiger partial charge in [-0.25, -0.2) is 4.68 Å². The average molecular weight is 290 g/mol. The van der Waals surface area contributed by atoms with Gasteiger partial charge in [-0.15, -0.1) is 0 Å². The van der Waals surface area contributed by atoms with Crippen molar-refractivity contribution in [3.8, 4) is 0 Å². The summed E-state index contributed by atoms with van der Waals surface area (Å²) in [5.41, 5.74) is -1.25. The third-order valence-electron chi connectivity index (χ3n) is 2.84. The lowest BCUT2D eigenvalue weighted by Crippen LogP contribution is -2.31. The third-order valence-corrected chi connectivity index (χ3v) is 2.84. The van der Waals surface area contributed by atoms with E-state index in [9.17, 15) is 14.4 Å². The fraction of sp³-hybridized carbons (Fsp3) is 0.400. The number of aromatic nitrogens is 2. The minimum atomic E-state index is -0.571. The molecule has 112 valence electrons. The quantitative estimate of drug-likeness (QED) is 0.867. The number of carbonyl (C=O) groups excluding carboxylic acids is 1. The number of benzene rings is 1. The second kappa shape index (κ2) is 5.55. The zero-order valence-electron chi connectivity index (χ0n) is 12.3. The first-order valence-electron chi connectivity index (χ1n) is 6.71. The molecule has 0 bridgehead atoms. The summed E-state index contributed by atoms with van der Waals surface area (Å²) in [6.45, 7) is 5.40. The smallest absolute Gasteiger partial charge is 0.308 e. The standard InChI is InChI=1S/C15H18N2O4/c1-15(2,3)21-12(18)8-9-17-14(20)11-7-5-4-6-10(11)13(19)16-17/h4-7H,8-9H2,1-3H3,(H,16,19). The number of H-pyrrole nitrogens is 1. The molecule has 1 aromatic heterocycles. The van der Waals surface area contributed by atoms with Crippen molar-refractivity contribution in [3.05, 3.63) is 45.0 Å². The molecule has 0 aliphatic rings. The molecule has 6 heteroatoms. The molecule has 0 spiro atoms. The average Bonchev–Trinajstić information content (AvgIpc) is 2.39. The molecule has 0 aliphatic heterocycles. The van der Waals surface area contributed by atoms with Gasteiger partial charge in [-0.3, -0.25) is 19.5 Å². The van der Waals surface area contributed by atoms with Gasteiger partial charge in [0.15, 0.2) is 0 Å². The molecule has 0 amide bonds. The van der Waals surface area contributed by atoms with E-state index in [1.54, 1.807) is 45.0 Å². The van der Waals surface area contributed by atoms with E-state index in [1.165, 1.54) is 0 Å². The monoisotopic (exact) mass is 290 g/mol. The number of rotatable bonds is 3. The number of nitrogens with one attached hydrogen (secondary N) is 1. The molecule has 0 unspecified atom stereocenters. The van der Waals surface area contributed by atoms with Gasteiger partial charge in [-0.1, -0.05) is 12.1 Å². The maximum atomic E-state index is 12.2. The van der Waals surface area contributed by atoms with E-state index < -0.39 is 11.6 Å². The van der Waals surface area contributed by atoms with Gasteiger partial charge < -0.3 is 4.74 Å². The minimum Gasteiger partial charge on any atom is -0.460 e. The van der Waals surface area contributed by atoms with Crippen molar-refractivity contribution in [3.63, 3.8) is 0 Å². The van der Waals surface area contributed by atoms with Crippen molar-refractivity contribution >= 4 is 16.7 Å². The maximum absolute atomic E-state index is 12.2. The van der Waals surface area contributed by atoms with Gasteiger partial charge in [0.2, 0.25) is 0 Å². The summed E-state index contributed by atoms with van der Waals surface area (Å²) >= 11 is 0. The molecule has 0 fully saturated rings. The highest BCUT2D eigenvalue weighted by Crippen LogP contribution is 2.08. The normalized spacial score (nSPS) is 11.6. The molecule has 0 aliphatic carbocycles. The molecular formula is C15H18N2O4. The van der Waals surface area contributed by atoms with Crippen LogP contribution in [0, 0.1) is 0 Å². The SMILES string of the molecule is CC(C)(C)OC(=O)CCn1[nH]c(=O)c2ccccc2c1=O. The van der Waals surface area contributed by atoms with E-state index in [0.29, 0.717) is 10.8 Å². The number of aryl methyl sites for hydroxylation is 1. The Morgan fingerprint density at radius 1 is 1.19 bits per heavy atom. The molecule has 2 aromatic rings. The van der Waals surface area contributed by atoms with Crippen molar-refractivity contribution in [2.24, 2.45) is 0 Å². The second-order valence-corrected chi connectivity index (χ2v) is 5.78. The topological polar surface area (TPSA) is 81.2 Å². The Morgan fingerprint density at radius 2 is 1.81 bits per heavy atom. The van der Waals surface area contributed by atoms with Crippen LogP contribution in [-0.4, -0.2) is 21.4 Å². The molecule has 0 saturated heterocycles. The first-order chi connectivity index (χ1) is 9.78. The Labute approximate surface area is 121 Å². The maximum Gasteiger partial charge on any atom is 0.308 e. The summed E-state index contributed by atoms with van der Waals surface area (Å²) in [5.74, 6) is -0.414. The van der Waals surface area contributed by atoms with E-state index >= 15 is 0 Å². The lowest BCUT2D eigenvalue weighted by Gasteiger charge is -2.19. The molecule has 1 N–H and O–H groups in total. The first kappa shape index (κ1) is 15.0. The predicted molar refractivity (Wildman–Crippen MR) is 79.3 cm³/mol. The summed E-state index contributed by atoms with van der Waals surface area (Å²) in [6, 6.07) is 6.58. The molecule has 0 radical (unpaired) electrons. The van der Waals surface area contributed by atoms with Crippen LogP contribution in [-0.2, 0) is 16.1 Å². The number of hydrogen-bond acceptors (Lipinski definition) is 4. The Kier molecular flexibility index (Phi) is 3.97. The van der Waals surface area contributed by atoms with Gasteiger partial charge >= 0.3 is 5.97 Å². The molecule has 1 aromatic carbocycles. The number of hydrogen-bond donors (Lipinski definition) is 1. The number of fused-ring (bicyclic) bond motifs is 1. The lowest BCUT2D eigenvalue weighted by molar-refractivity contribution is -0.155. The lowest BCUT2D eigenvalue weighted by atomic mass is 10.2. The molecule has 0 saturated carbocycles. The van der Waals surface area contributed by atoms with Gasteiger partial charge in [-0.05, 0) is 32.9 Å². The Morgan fingerprint density at radius 3 is 2.43 bits per heavy atom. The Balaban J connectivity index is 2.24. The summed E-state index contributed by atoms with van der Waals surface area (Å²) in [7, 11) is 0. The van der Waals surface area contributed by atoms with Crippen molar-refractivity contribution in [2.45, 2.75) is 39.3 Å². The zero-order valence-corrected chi connectivity index (χ0v) is 12.3. The highest BCUT2D eigenvalue weighted by atomic mass is 16.6. The Bertz CT molecular complexity index is 781. The largest absolute Gasteiger partial charge is 0.460 e. The molecule has 21 heavy (non-hydrogen) atoms. The van der Waals surface area contributed by atoms with Gasteiger partial charge in [0.05, 0.1) is 23.7 Å². The number of carbonyl (C=O) groups is 1. The van der Waals surface area contributed by atoms with E-state index in [4.69, 9.17) is 4.74 Å². The van der Waals surface area contributed by atoms with Crippen LogP contribution in [0.15, 0.2) is 33.9 Å². The molecular weight excluding hydrogens is 272 g/mol. The van der Waals surface area contributed by atoms with E-state index in [-0.39, 0.29) is 24.1 Å². The summed E-state index contributed by atoms with van der Waals surface area (Å²) in [4.78, 5) is 35.8. The van der Waals surface area contributed by atoms with E-state index in [1.807, 2.05) is 0 Å². The van der Waals surface area contributed by atoms with Crippen LogP contribution in [0.25, 0.3) is 10.8 Å². The van der Waals surface area contributed by atoms with Crippen LogP contribution in [0.1, 0.15) is 27.2 Å². The van der Waals surface area contributed by atoms with Crippen molar-refractivity contribution in [1.82, 2.24) is 9.78 Å². The summed E-state index contributed by atoms with van der Waals surface area (Å²) in [6.07, 6.45) is 0.0193. The van der Waals surface area contributed by atoms with Gasteiger partial charge in [0, 0.05) is 0 Å². The molecule has 0 atom stereocenters. The Hall–Kier alpha value is -2.37. The molecule has 6 nitrogen and oxygen atoms in total. The fourth-order valence-electron chi connectivity index (χ4n) is 2.00. The van der Waals surface area contributed by atoms with Crippen molar-refractivity contribution in [2.75, 3.05) is 0 Å². The number of esters is 1. The summed E-state index contributed by atoms with van der Waals surface area (Å²) in [5, 5.41) is 3.16. The van der Waals surface area contributed by atoms with Crippen LogP contribution < -0.4 is 11.1 Å².